The molecule has 1 aliphatic heterocycles. The molecule has 1 aromatic carbocycles. The number of fused-ring (bicyclic) bond motifs is 1. The maximum Gasteiger partial charge on any atom is 0.249 e. The number of nitrogens with one attached hydrogen (secondary N) is 2. The molecule has 2 aromatic rings. The molecule has 2 heterocycles. The first-order chi connectivity index (χ1) is 12.1. The van der Waals surface area contributed by atoms with Crippen molar-refractivity contribution in [2.75, 3.05) is 19.0 Å². The highest BCUT2D eigenvalue weighted by atomic mass is 32.1. The van der Waals surface area contributed by atoms with Crippen LogP contribution in [0.4, 0.5) is 5.00 Å². The number of hydrogen-bond acceptors (Lipinski definition) is 5. The molecule has 5 nitrogen and oxygen atoms in total. The Morgan fingerprint density at radius 1 is 1.48 bits per heavy atom. The van der Waals surface area contributed by atoms with Gasteiger partial charge in [-0.2, -0.15) is 5.26 Å². The number of rotatable bonds is 4. The Hall–Kier alpha value is -2.62. The Balaban J connectivity index is 1.78. The van der Waals surface area contributed by atoms with Crippen molar-refractivity contribution in [3.05, 3.63) is 51.4 Å². The summed E-state index contributed by atoms with van der Waals surface area (Å²) in [6.45, 7) is 3.56. The van der Waals surface area contributed by atoms with E-state index < -0.39 is 0 Å². The van der Waals surface area contributed by atoms with Gasteiger partial charge in [0.15, 0.2) is 0 Å². The summed E-state index contributed by atoms with van der Waals surface area (Å²) in [5.74, 6) is 0.540. The van der Waals surface area contributed by atoms with Crippen LogP contribution in [0.25, 0.3) is 6.08 Å². The summed E-state index contributed by atoms with van der Waals surface area (Å²) in [7, 11) is 1.62. The van der Waals surface area contributed by atoms with E-state index in [0.29, 0.717) is 10.6 Å². The Labute approximate surface area is 150 Å². The zero-order valence-electron chi connectivity index (χ0n) is 14.2. The van der Waals surface area contributed by atoms with Gasteiger partial charge in [-0.25, -0.2) is 0 Å². The molecule has 0 fully saturated rings. The van der Waals surface area contributed by atoms with Gasteiger partial charge in [0.1, 0.15) is 16.8 Å². The normalized spacial score (nSPS) is 13.3. The number of hydrogen-bond donors (Lipinski definition) is 2. The van der Waals surface area contributed by atoms with Crippen molar-refractivity contribution in [1.29, 1.82) is 5.26 Å². The van der Waals surface area contributed by atoms with E-state index in [4.69, 9.17) is 4.74 Å². The molecule has 0 atom stereocenters. The van der Waals surface area contributed by atoms with Crippen LogP contribution in [-0.4, -0.2) is 19.6 Å². The molecule has 3 rings (SSSR count). The average Bonchev–Trinajstić information content (AvgIpc) is 2.97. The van der Waals surface area contributed by atoms with Crippen LogP contribution in [0.2, 0.25) is 0 Å². The molecule has 0 saturated heterocycles. The van der Waals surface area contributed by atoms with Crippen molar-refractivity contribution in [2.24, 2.45) is 0 Å². The largest absolute Gasteiger partial charge is 0.496 e. The number of thiophene rings is 1. The van der Waals surface area contributed by atoms with E-state index >= 15 is 0 Å². The van der Waals surface area contributed by atoms with Crippen LogP contribution in [-0.2, 0) is 17.8 Å². The van der Waals surface area contributed by atoms with Crippen molar-refractivity contribution in [3.8, 4) is 11.8 Å². The number of methoxy groups -OCH3 is 1. The molecule has 0 unspecified atom stereocenters. The lowest BCUT2D eigenvalue weighted by atomic mass is 10.1. The van der Waals surface area contributed by atoms with Crippen molar-refractivity contribution in [2.45, 2.75) is 19.9 Å². The Bertz CT molecular complexity index is 878. The molecule has 128 valence electrons. The number of nitriles is 1. The van der Waals surface area contributed by atoms with E-state index in [2.05, 4.69) is 16.7 Å². The van der Waals surface area contributed by atoms with Crippen molar-refractivity contribution < 1.29 is 9.53 Å². The maximum absolute atomic E-state index is 12.3. The van der Waals surface area contributed by atoms with Gasteiger partial charge in [-0.15, -0.1) is 11.3 Å². The highest BCUT2D eigenvalue weighted by Crippen LogP contribution is 2.34. The molecule has 6 heteroatoms. The minimum absolute atomic E-state index is 0.245. The van der Waals surface area contributed by atoms with Crippen LogP contribution in [0.15, 0.2) is 24.3 Å². The van der Waals surface area contributed by atoms with Crippen LogP contribution in [0.1, 0.15) is 27.1 Å². The second-order valence-corrected chi connectivity index (χ2v) is 6.85. The highest BCUT2D eigenvalue weighted by Gasteiger charge is 2.21. The molecule has 0 aliphatic carbocycles. The summed E-state index contributed by atoms with van der Waals surface area (Å²) in [5.41, 5.74) is 3.56. The molecule has 1 amide bonds. The average molecular weight is 353 g/mol. The van der Waals surface area contributed by atoms with Gasteiger partial charge in [0.05, 0.1) is 12.7 Å². The summed E-state index contributed by atoms with van der Waals surface area (Å²) in [6.07, 6.45) is 4.07. The fraction of sp³-hybridized carbons (Fsp3) is 0.263. The monoisotopic (exact) mass is 353 g/mol. The van der Waals surface area contributed by atoms with E-state index in [-0.39, 0.29) is 5.91 Å². The third kappa shape index (κ3) is 3.58. The zero-order chi connectivity index (χ0) is 17.8. The van der Waals surface area contributed by atoms with Gasteiger partial charge >= 0.3 is 0 Å². The SMILES string of the molecule is COc1cccc(C=CC(=O)Nc2sc3c(c2C#N)CCNC3)c1C. The molecule has 0 bridgehead atoms. The van der Waals surface area contributed by atoms with E-state index in [9.17, 15) is 10.1 Å². The number of nitrogens with zero attached hydrogens (tertiary/aromatic N) is 1. The van der Waals surface area contributed by atoms with Crippen LogP contribution in [0, 0.1) is 18.3 Å². The Kier molecular flexibility index (Phi) is 5.17. The first-order valence-electron chi connectivity index (χ1n) is 8.02. The molecule has 0 saturated carbocycles. The lowest BCUT2D eigenvalue weighted by Crippen LogP contribution is -2.22. The lowest BCUT2D eigenvalue weighted by molar-refractivity contribution is -0.111. The summed E-state index contributed by atoms with van der Waals surface area (Å²) in [5, 5.41) is 16.2. The van der Waals surface area contributed by atoms with E-state index in [0.717, 1.165) is 46.8 Å². The van der Waals surface area contributed by atoms with E-state index in [1.807, 2.05) is 25.1 Å². The zero-order valence-corrected chi connectivity index (χ0v) is 15.0. The second kappa shape index (κ2) is 7.51. The molecule has 25 heavy (non-hydrogen) atoms. The summed E-state index contributed by atoms with van der Waals surface area (Å²) in [6, 6.07) is 7.93. The van der Waals surface area contributed by atoms with Gasteiger partial charge in [-0.1, -0.05) is 12.1 Å². The summed E-state index contributed by atoms with van der Waals surface area (Å²) in [4.78, 5) is 13.4. The number of carbonyl (C=O) groups excluding carboxylic acids is 1. The van der Waals surface area contributed by atoms with Crippen LogP contribution in [0.3, 0.4) is 0 Å². The fourth-order valence-electron chi connectivity index (χ4n) is 2.89. The molecule has 0 spiro atoms. The van der Waals surface area contributed by atoms with Gasteiger partial charge in [-0.05, 0) is 48.7 Å². The number of amides is 1. The summed E-state index contributed by atoms with van der Waals surface area (Å²) < 4.78 is 5.29. The van der Waals surface area contributed by atoms with Crippen molar-refractivity contribution in [1.82, 2.24) is 5.32 Å². The molecule has 1 aromatic heterocycles. The van der Waals surface area contributed by atoms with Gasteiger partial charge in [0.2, 0.25) is 5.91 Å². The predicted octanol–water partition coefficient (Wildman–Crippen LogP) is 3.23. The molecule has 2 N–H and O–H groups in total. The van der Waals surface area contributed by atoms with Gasteiger partial charge in [0, 0.05) is 17.5 Å². The van der Waals surface area contributed by atoms with Gasteiger partial charge in [0.25, 0.3) is 0 Å². The third-order valence-electron chi connectivity index (χ3n) is 4.24. The molecule has 0 radical (unpaired) electrons. The third-order valence-corrected chi connectivity index (χ3v) is 5.38. The molecular formula is C19H19N3O2S. The molecular weight excluding hydrogens is 334 g/mol. The lowest BCUT2D eigenvalue weighted by Gasteiger charge is -2.11. The molecule has 1 aliphatic rings. The van der Waals surface area contributed by atoms with E-state index in [1.54, 1.807) is 13.2 Å². The van der Waals surface area contributed by atoms with Gasteiger partial charge in [-0.3, -0.25) is 4.79 Å². The number of benzene rings is 1. The predicted molar refractivity (Wildman–Crippen MR) is 99.8 cm³/mol. The minimum Gasteiger partial charge on any atom is -0.496 e. The maximum atomic E-state index is 12.3. The fourth-order valence-corrected chi connectivity index (χ4v) is 4.06. The number of anilines is 1. The second-order valence-electron chi connectivity index (χ2n) is 5.74. The van der Waals surface area contributed by atoms with Crippen LogP contribution in [0.5, 0.6) is 5.75 Å². The van der Waals surface area contributed by atoms with E-state index in [1.165, 1.54) is 17.4 Å². The standard InChI is InChI=1S/C19H19N3O2S/c1-12-13(4-3-5-16(12)24-2)6-7-18(23)22-19-15(10-20)14-8-9-21-11-17(14)25-19/h3-7,21H,8-9,11H2,1-2H3,(H,22,23). The van der Waals surface area contributed by atoms with Gasteiger partial charge < -0.3 is 15.4 Å². The van der Waals surface area contributed by atoms with Crippen LogP contribution < -0.4 is 15.4 Å². The van der Waals surface area contributed by atoms with Crippen molar-refractivity contribution in [3.63, 3.8) is 0 Å². The minimum atomic E-state index is -0.245. The van der Waals surface area contributed by atoms with Crippen LogP contribution >= 0.6 is 11.3 Å². The quantitative estimate of drug-likeness (QED) is 0.828. The smallest absolute Gasteiger partial charge is 0.249 e. The number of ether oxygens (including phenoxy) is 1. The topological polar surface area (TPSA) is 74.1 Å². The number of carbonyl (C=O) groups is 1. The first kappa shape index (κ1) is 17.2. The first-order valence-corrected chi connectivity index (χ1v) is 8.83. The van der Waals surface area contributed by atoms with Crippen molar-refractivity contribution >= 4 is 28.3 Å². The summed E-state index contributed by atoms with van der Waals surface area (Å²) >= 11 is 1.47. The Morgan fingerprint density at radius 3 is 3.08 bits per heavy atom. The highest BCUT2D eigenvalue weighted by molar-refractivity contribution is 7.16. The Morgan fingerprint density at radius 2 is 2.32 bits per heavy atom.